The molecule has 0 fully saturated rings. The van der Waals surface area contributed by atoms with Crippen molar-refractivity contribution in [3.63, 3.8) is 0 Å². The Bertz CT molecular complexity index is 769. The number of nitrogen functional groups attached to an aromatic ring is 1. The van der Waals surface area contributed by atoms with Gasteiger partial charge in [0.15, 0.2) is 0 Å². The lowest BCUT2D eigenvalue weighted by molar-refractivity contribution is 0.432. The first-order chi connectivity index (χ1) is 9.65. The Hall–Kier alpha value is -2.40. The highest BCUT2D eigenvalue weighted by atomic mass is 35.5. The van der Waals surface area contributed by atoms with E-state index < -0.39 is 0 Å². The van der Waals surface area contributed by atoms with E-state index in [1.807, 2.05) is 13.0 Å². The molecule has 0 aliphatic carbocycles. The maximum atomic E-state index is 5.89. The molecule has 6 heteroatoms. The van der Waals surface area contributed by atoms with Crippen LogP contribution in [0.1, 0.15) is 5.56 Å². The van der Waals surface area contributed by atoms with Crippen LogP contribution in [0.2, 0.25) is 5.02 Å². The Morgan fingerprint density at radius 1 is 1.25 bits per heavy atom. The van der Waals surface area contributed by atoms with Gasteiger partial charge in [-0.2, -0.15) is 4.98 Å². The Morgan fingerprint density at radius 3 is 2.85 bits per heavy atom. The molecule has 5 nitrogen and oxygen atoms in total. The van der Waals surface area contributed by atoms with E-state index in [-0.39, 0.29) is 0 Å². The van der Waals surface area contributed by atoms with E-state index >= 15 is 0 Å². The molecule has 100 valence electrons. The molecule has 3 rings (SSSR count). The number of aromatic nitrogens is 3. The van der Waals surface area contributed by atoms with Gasteiger partial charge in [0.2, 0.25) is 5.82 Å². The van der Waals surface area contributed by atoms with Crippen molar-refractivity contribution in [3.05, 3.63) is 47.2 Å². The highest BCUT2D eigenvalue weighted by Gasteiger charge is 2.13. The summed E-state index contributed by atoms with van der Waals surface area (Å²) in [7, 11) is 0. The molecular weight excluding hydrogens is 276 g/mol. The third-order valence-corrected chi connectivity index (χ3v) is 3.27. The Morgan fingerprint density at radius 2 is 2.10 bits per heavy atom. The molecule has 0 saturated carbocycles. The summed E-state index contributed by atoms with van der Waals surface area (Å²) in [6.45, 7) is 1.94. The minimum absolute atomic E-state index is 0.402. The number of rotatable bonds is 2. The second-order valence-electron chi connectivity index (χ2n) is 4.35. The predicted octanol–water partition coefficient (Wildman–Crippen LogP) is 3.34. The third-order valence-electron chi connectivity index (χ3n) is 2.93. The van der Waals surface area contributed by atoms with E-state index in [0.29, 0.717) is 22.4 Å². The van der Waals surface area contributed by atoms with Crippen LogP contribution >= 0.6 is 11.6 Å². The average Bonchev–Trinajstić information content (AvgIpc) is 2.92. The quantitative estimate of drug-likeness (QED) is 0.731. The Kier molecular flexibility index (Phi) is 3.12. The maximum absolute atomic E-state index is 5.89. The van der Waals surface area contributed by atoms with Crippen LogP contribution in [0.15, 0.2) is 41.2 Å². The molecule has 0 spiro atoms. The largest absolute Gasteiger partial charge is 0.398 e. The number of benzene rings is 1. The highest BCUT2D eigenvalue weighted by Crippen LogP contribution is 2.27. The van der Waals surface area contributed by atoms with E-state index in [4.69, 9.17) is 21.9 Å². The highest BCUT2D eigenvalue weighted by molar-refractivity contribution is 6.33. The molecule has 1 aromatic carbocycles. The molecular formula is C14H11ClN4O. The van der Waals surface area contributed by atoms with Crippen LogP contribution in [0.5, 0.6) is 0 Å². The van der Waals surface area contributed by atoms with E-state index in [0.717, 1.165) is 16.7 Å². The average molecular weight is 287 g/mol. The molecule has 0 aliphatic heterocycles. The monoisotopic (exact) mass is 286 g/mol. The van der Waals surface area contributed by atoms with Gasteiger partial charge in [0.25, 0.3) is 5.89 Å². The first kappa shape index (κ1) is 12.6. The fourth-order valence-electron chi connectivity index (χ4n) is 1.85. The van der Waals surface area contributed by atoms with E-state index in [1.54, 1.807) is 30.6 Å². The first-order valence-electron chi connectivity index (χ1n) is 5.95. The summed E-state index contributed by atoms with van der Waals surface area (Å²) in [5, 5.41) is 4.49. The Balaban J connectivity index is 2.02. The van der Waals surface area contributed by atoms with Gasteiger partial charge in [0.1, 0.15) is 0 Å². The van der Waals surface area contributed by atoms with Crippen LogP contribution in [0.4, 0.5) is 5.69 Å². The summed E-state index contributed by atoms with van der Waals surface area (Å²) in [6.07, 6.45) is 3.45. The van der Waals surface area contributed by atoms with E-state index in [9.17, 15) is 0 Å². The van der Waals surface area contributed by atoms with Crippen molar-refractivity contribution >= 4 is 17.3 Å². The van der Waals surface area contributed by atoms with Gasteiger partial charge in [-0.25, -0.2) is 0 Å². The summed E-state index contributed by atoms with van der Waals surface area (Å²) < 4.78 is 5.27. The van der Waals surface area contributed by atoms with Crippen molar-refractivity contribution in [2.45, 2.75) is 6.92 Å². The number of hydrogen-bond acceptors (Lipinski definition) is 5. The molecule has 20 heavy (non-hydrogen) atoms. The topological polar surface area (TPSA) is 77.8 Å². The summed E-state index contributed by atoms with van der Waals surface area (Å²) in [5.74, 6) is 0.924. The minimum Gasteiger partial charge on any atom is -0.398 e. The summed E-state index contributed by atoms with van der Waals surface area (Å²) >= 11 is 5.89. The standard InChI is InChI=1S/C14H11ClN4O/c1-8-7-17-5-4-10(8)13-18-14(20-19-13)9-2-3-11(15)12(16)6-9/h2-7H,16H2,1H3. The molecule has 2 heterocycles. The smallest absolute Gasteiger partial charge is 0.258 e. The van der Waals surface area contributed by atoms with Crippen molar-refractivity contribution in [2.24, 2.45) is 0 Å². The lowest BCUT2D eigenvalue weighted by atomic mass is 10.1. The van der Waals surface area contributed by atoms with Gasteiger partial charge in [-0.15, -0.1) is 0 Å². The lowest BCUT2D eigenvalue weighted by Gasteiger charge is -1.99. The molecule has 0 radical (unpaired) electrons. The second-order valence-corrected chi connectivity index (χ2v) is 4.76. The summed E-state index contributed by atoms with van der Waals surface area (Å²) in [5.41, 5.74) is 8.85. The van der Waals surface area contributed by atoms with Crippen LogP contribution < -0.4 is 5.73 Å². The van der Waals surface area contributed by atoms with Gasteiger partial charge in [-0.05, 0) is 36.8 Å². The number of hydrogen-bond donors (Lipinski definition) is 1. The van der Waals surface area contributed by atoms with Gasteiger partial charge in [0.05, 0.1) is 10.7 Å². The van der Waals surface area contributed by atoms with Crippen LogP contribution in [0, 0.1) is 6.92 Å². The van der Waals surface area contributed by atoms with Crippen molar-refractivity contribution in [1.29, 1.82) is 0 Å². The molecule has 0 bridgehead atoms. The zero-order chi connectivity index (χ0) is 14.1. The fraction of sp³-hybridized carbons (Fsp3) is 0.0714. The predicted molar refractivity (Wildman–Crippen MR) is 77.1 cm³/mol. The van der Waals surface area contributed by atoms with Gasteiger partial charge in [-0.3, -0.25) is 4.98 Å². The zero-order valence-electron chi connectivity index (χ0n) is 10.7. The molecule has 0 unspecified atom stereocenters. The molecule has 0 amide bonds. The summed E-state index contributed by atoms with van der Waals surface area (Å²) in [6, 6.07) is 7.04. The van der Waals surface area contributed by atoms with Crippen LogP contribution in [0.25, 0.3) is 22.8 Å². The minimum atomic E-state index is 0.402. The van der Waals surface area contributed by atoms with Gasteiger partial charge < -0.3 is 10.3 Å². The van der Waals surface area contributed by atoms with Crippen LogP contribution in [-0.4, -0.2) is 15.1 Å². The number of halogens is 1. The van der Waals surface area contributed by atoms with Gasteiger partial charge >= 0.3 is 0 Å². The molecule has 3 aromatic rings. The molecule has 2 N–H and O–H groups in total. The van der Waals surface area contributed by atoms with E-state index in [1.165, 1.54) is 0 Å². The van der Waals surface area contributed by atoms with E-state index in [2.05, 4.69) is 15.1 Å². The van der Waals surface area contributed by atoms with Crippen LogP contribution in [0.3, 0.4) is 0 Å². The zero-order valence-corrected chi connectivity index (χ0v) is 11.4. The van der Waals surface area contributed by atoms with Crippen molar-refractivity contribution in [3.8, 4) is 22.8 Å². The number of pyridine rings is 1. The SMILES string of the molecule is Cc1cnccc1-c1noc(-c2ccc(Cl)c(N)c2)n1. The van der Waals surface area contributed by atoms with Gasteiger partial charge in [0, 0.05) is 23.5 Å². The number of nitrogens with zero attached hydrogens (tertiary/aromatic N) is 3. The lowest BCUT2D eigenvalue weighted by Crippen LogP contribution is -1.88. The normalized spacial score (nSPS) is 10.7. The second kappa shape index (κ2) is 4.94. The number of anilines is 1. The fourth-order valence-corrected chi connectivity index (χ4v) is 1.97. The number of aryl methyl sites for hydroxylation is 1. The summed E-state index contributed by atoms with van der Waals surface area (Å²) in [4.78, 5) is 8.42. The maximum Gasteiger partial charge on any atom is 0.258 e. The molecule has 0 saturated heterocycles. The molecule has 0 atom stereocenters. The third kappa shape index (κ3) is 2.23. The molecule has 0 aliphatic rings. The number of nitrogens with two attached hydrogens (primary N) is 1. The van der Waals surface area contributed by atoms with Crippen molar-refractivity contribution < 1.29 is 4.52 Å². The van der Waals surface area contributed by atoms with Crippen molar-refractivity contribution in [2.75, 3.05) is 5.73 Å². The Labute approximate surface area is 120 Å². The van der Waals surface area contributed by atoms with Crippen molar-refractivity contribution in [1.82, 2.24) is 15.1 Å². The van der Waals surface area contributed by atoms with Crippen LogP contribution in [-0.2, 0) is 0 Å². The molecule has 2 aromatic heterocycles. The van der Waals surface area contributed by atoms with Gasteiger partial charge in [-0.1, -0.05) is 16.8 Å². The first-order valence-corrected chi connectivity index (χ1v) is 6.33.